The summed E-state index contributed by atoms with van der Waals surface area (Å²) in [5.74, 6) is -0.666. The fourth-order valence-corrected chi connectivity index (χ4v) is 2.66. The molecule has 28 heavy (non-hydrogen) atoms. The van der Waals surface area contributed by atoms with Crippen molar-refractivity contribution in [2.24, 2.45) is 0 Å². The predicted octanol–water partition coefficient (Wildman–Crippen LogP) is 3.96. The molecule has 0 radical (unpaired) electrons. The minimum Gasteiger partial charge on any atom is -0.378 e. The molecule has 0 spiro atoms. The average molecular weight is 374 g/mol. The molecule has 0 atom stereocenters. The van der Waals surface area contributed by atoms with Crippen LogP contribution in [0.25, 0.3) is 0 Å². The molecule has 6 heteroatoms. The Hall–Kier alpha value is -3.67. The highest BCUT2D eigenvalue weighted by Crippen LogP contribution is 2.17. The molecule has 6 nitrogen and oxygen atoms in total. The largest absolute Gasteiger partial charge is 0.378 e. The molecule has 0 saturated carbocycles. The number of aryl methyl sites for hydroxylation is 1. The van der Waals surface area contributed by atoms with Crippen LogP contribution >= 0.6 is 0 Å². The summed E-state index contributed by atoms with van der Waals surface area (Å²) < 4.78 is 0. The lowest BCUT2D eigenvalue weighted by molar-refractivity contribution is 0.102. The standard InChI is InChI=1S/C22H22N4O2/c1-15-5-4-6-18(13-15)25-22(28)20-14-16(11-12-23-20)21(27)24-17-7-9-19(10-8-17)26(2)3/h4-14H,1-3H3,(H,24,27)(H,25,28). The Morgan fingerprint density at radius 1 is 0.857 bits per heavy atom. The number of amides is 2. The summed E-state index contributed by atoms with van der Waals surface area (Å²) in [6.45, 7) is 1.95. The van der Waals surface area contributed by atoms with Gasteiger partial charge in [-0.05, 0) is 61.0 Å². The molecule has 0 saturated heterocycles. The van der Waals surface area contributed by atoms with Crippen LogP contribution in [0.5, 0.6) is 0 Å². The van der Waals surface area contributed by atoms with Crippen LogP contribution in [0.2, 0.25) is 0 Å². The molecule has 2 amide bonds. The van der Waals surface area contributed by atoms with Gasteiger partial charge in [0.05, 0.1) is 0 Å². The van der Waals surface area contributed by atoms with Gasteiger partial charge in [0, 0.05) is 42.9 Å². The van der Waals surface area contributed by atoms with Gasteiger partial charge in [-0.2, -0.15) is 0 Å². The van der Waals surface area contributed by atoms with Crippen molar-refractivity contribution in [3.8, 4) is 0 Å². The first kappa shape index (κ1) is 19.1. The fourth-order valence-electron chi connectivity index (χ4n) is 2.66. The smallest absolute Gasteiger partial charge is 0.274 e. The van der Waals surface area contributed by atoms with E-state index in [-0.39, 0.29) is 17.5 Å². The number of hydrogen-bond acceptors (Lipinski definition) is 4. The van der Waals surface area contributed by atoms with Crippen LogP contribution in [0.1, 0.15) is 26.4 Å². The second kappa shape index (κ2) is 8.35. The summed E-state index contributed by atoms with van der Waals surface area (Å²) in [4.78, 5) is 31.0. The quantitative estimate of drug-likeness (QED) is 0.709. The van der Waals surface area contributed by atoms with Crippen molar-refractivity contribution in [2.45, 2.75) is 6.92 Å². The zero-order chi connectivity index (χ0) is 20.1. The van der Waals surface area contributed by atoms with Crippen LogP contribution in [0.15, 0.2) is 66.9 Å². The van der Waals surface area contributed by atoms with Gasteiger partial charge < -0.3 is 15.5 Å². The van der Waals surface area contributed by atoms with Gasteiger partial charge in [-0.25, -0.2) is 0 Å². The molecule has 3 rings (SSSR count). The lowest BCUT2D eigenvalue weighted by Crippen LogP contribution is -2.17. The van der Waals surface area contributed by atoms with E-state index in [1.807, 2.05) is 68.4 Å². The summed E-state index contributed by atoms with van der Waals surface area (Å²) >= 11 is 0. The van der Waals surface area contributed by atoms with E-state index < -0.39 is 0 Å². The molecule has 0 aliphatic carbocycles. The number of carbonyl (C=O) groups excluding carboxylic acids is 2. The Kier molecular flexibility index (Phi) is 5.69. The monoisotopic (exact) mass is 374 g/mol. The van der Waals surface area contributed by atoms with Crippen LogP contribution in [0.3, 0.4) is 0 Å². The molecular weight excluding hydrogens is 352 g/mol. The normalized spacial score (nSPS) is 10.2. The molecule has 2 N–H and O–H groups in total. The molecule has 0 fully saturated rings. The van der Waals surface area contributed by atoms with E-state index in [2.05, 4.69) is 15.6 Å². The number of aromatic nitrogens is 1. The summed E-state index contributed by atoms with van der Waals surface area (Å²) in [5.41, 5.74) is 3.98. The van der Waals surface area contributed by atoms with E-state index in [0.717, 1.165) is 11.3 Å². The SMILES string of the molecule is Cc1cccc(NC(=O)c2cc(C(=O)Nc3ccc(N(C)C)cc3)ccn2)c1. The molecule has 2 aromatic carbocycles. The molecule has 142 valence electrons. The second-order valence-corrected chi connectivity index (χ2v) is 6.65. The van der Waals surface area contributed by atoms with E-state index in [9.17, 15) is 9.59 Å². The summed E-state index contributed by atoms with van der Waals surface area (Å²) in [7, 11) is 3.90. The molecule has 1 heterocycles. The minimum atomic E-state index is -0.365. The number of anilines is 3. The molecule has 0 aliphatic heterocycles. The van der Waals surface area contributed by atoms with Crippen molar-refractivity contribution >= 4 is 28.9 Å². The molecule has 0 aliphatic rings. The predicted molar refractivity (Wildman–Crippen MR) is 112 cm³/mol. The Labute approximate surface area is 164 Å². The Morgan fingerprint density at radius 3 is 2.25 bits per heavy atom. The van der Waals surface area contributed by atoms with Crippen molar-refractivity contribution in [3.05, 3.63) is 83.7 Å². The zero-order valence-electron chi connectivity index (χ0n) is 16.1. The number of pyridine rings is 1. The molecule has 0 unspecified atom stereocenters. The van der Waals surface area contributed by atoms with Gasteiger partial charge in [-0.15, -0.1) is 0 Å². The first-order chi connectivity index (χ1) is 13.4. The zero-order valence-corrected chi connectivity index (χ0v) is 16.1. The Balaban J connectivity index is 1.71. The first-order valence-corrected chi connectivity index (χ1v) is 8.85. The van der Waals surface area contributed by atoms with Crippen LogP contribution in [0.4, 0.5) is 17.1 Å². The average Bonchev–Trinajstić information content (AvgIpc) is 2.68. The maximum Gasteiger partial charge on any atom is 0.274 e. The Morgan fingerprint density at radius 2 is 1.57 bits per heavy atom. The van der Waals surface area contributed by atoms with Gasteiger partial charge in [0.1, 0.15) is 5.69 Å². The van der Waals surface area contributed by atoms with E-state index in [1.54, 1.807) is 12.1 Å². The molecule has 0 bridgehead atoms. The Bertz CT molecular complexity index is 997. The third-order valence-electron chi connectivity index (χ3n) is 4.17. The number of benzene rings is 2. The van der Waals surface area contributed by atoms with Crippen LogP contribution < -0.4 is 15.5 Å². The van der Waals surface area contributed by atoms with Crippen molar-refractivity contribution in [2.75, 3.05) is 29.6 Å². The lowest BCUT2D eigenvalue weighted by Gasteiger charge is -2.13. The molecular formula is C22H22N4O2. The minimum absolute atomic E-state index is 0.178. The number of nitrogens with one attached hydrogen (secondary N) is 2. The maximum atomic E-state index is 12.5. The topological polar surface area (TPSA) is 74.3 Å². The van der Waals surface area contributed by atoms with Crippen LogP contribution in [-0.2, 0) is 0 Å². The van der Waals surface area contributed by atoms with E-state index in [4.69, 9.17) is 0 Å². The van der Waals surface area contributed by atoms with Gasteiger partial charge in [0.2, 0.25) is 0 Å². The maximum absolute atomic E-state index is 12.5. The highest BCUT2D eigenvalue weighted by atomic mass is 16.2. The summed E-state index contributed by atoms with van der Waals surface area (Å²) in [6, 6.07) is 18.0. The molecule has 3 aromatic rings. The van der Waals surface area contributed by atoms with Gasteiger partial charge >= 0.3 is 0 Å². The third-order valence-corrected chi connectivity index (χ3v) is 4.17. The number of carbonyl (C=O) groups is 2. The van der Waals surface area contributed by atoms with E-state index in [0.29, 0.717) is 16.9 Å². The molecule has 1 aromatic heterocycles. The first-order valence-electron chi connectivity index (χ1n) is 8.85. The van der Waals surface area contributed by atoms with Gasteiger partial charge in [0.25, 0.3) is 11.8 Å². The van der Waals surface area contributed by atoms with E-state index >= 15 is 0 Å². The van der Waals surface area contributed by atoms with Crippen molar-refractivity contribution in [3.63, 3.8) is 0 Å². The summed E-state index contributed by atoms with van der Waals surface area (Å²) in [5, 5.41) is 5.62. The number of nitrogens with zero attached hydrogens (tertiary/aromatic N) is 2. The van der Waals surface area contributed by atoms with Gasteiger partial charge in [0.15, 0.2) is 0 Å². The third kappa shape index (κ3) is 4.73. The number of hydrogen-bond donors (Lipinski definition) is 2. The van der Waals surface area contributed by atoms with E-state index in [1.165, 1.54) is 12.3 Å². The summed E-state index contributed by atoms with van der Waals surface area (Å²) in [6.07, 6.45) is 1.45. The fraction of sp³-hybridized carbons (Fsp3) is 0.136. The second-order valence-electron chi connectivity index (χ2n) is 6.65. The van der Waals surface area contributed by atoms with Crippen molar-refractivity contribution in [1.82, 2.24) is 4.98 Å². The van der Waals surface area contributed by atoms with Crippen LogP contribution in [-0.4, -0.2) is 30.9 Å². The van der Waals surface area contributed by atoms with Crippen molar-refractivity contribution < 1.29 is 9.59 Å². The van der Waals surface area contributed by atoms with Crippen LogP contribution in [0, 0.1) is 6.92 Å². The van der Waals surface area contributed by atoms with Gasteiger partial charge in [-0.3, -0.25) is 14.6 Å². The lowest BCUT2D eigenvalue weighted by atomic mass is 10.2. The van der Waals surface area contributed by atoms with Gasteiger partial charge in [-0.1, -0.05) is 12.1 Å². The van der Waals surface area contributed by atoms with Crippen molar-refractivity contribution in [1.29, 1.82) is 0 Å². The highest BCUT2D eigenvalue weighted by Gasteiger charge is 2.12. The highest BCUT2D eigenvalue weighted by molar-refractivity contribution is 6.07. The number of rotatable bonds is 5.